The molecule has 5 nitrogen and oxygen atoms in total. The number of amides is 1. The van der Waals surface area contributed by atoms with Crippen molar-refractivity contribution in [3.8, 4) is 11.3 Å². The molecular weight excluding hydrogens is 314 g/mol. The average Bonchev–Trinajstić information content (AvgIpc) is 2.62. The van der Waals surface area contributed by atoms with Crippen LogP contribution in [0.2, 0.25) is 0 Å². The fraction of sp³-hybridized carbons (Fsp3) is 0.450. The van der Waals surface area contributed by atoms with Crippen LogP contribution in [-0.4, -0.2) is 33.2 Å². The van der Waals surface area contributed by atoms with Gasteiger partial charge in [0.1, 0.15) is 6.04 Å². The minimum atomic E-state index is -0.599. The summed E-state index contributed by atoms with van der Waals surface area (Å²) in [7, 11) is 0. The number of hydrogen-bond donors (Lipinski definition) is 0. The predicted octanol–water partition coefficient (Wildman–Crippen LogP) is 3.18. The average molecular weight is 339 g/mol. The number of rotatable bonds is 3. The lowest BCUT2D eigenvalue weighted by atomic mass is 10.0. The number of carbonyl (C=O) groups is 1. The van der Waals surface area contributed by atoms with Crippen LogP contribution in [0.1, 0.15) is 44.7 Å². The molecule has 25 heavy (non-hydrogen) atoms. The molecule has 5 heteroatoms. The van der Waals surface area contributed by atoms with Crippen molar-refractivity contribution in [2.24, 2.45) is 0 Å². The van der Waals surface area contributed by atoms with Gasteiger partial charge in [0.15, 0.2) is 0 Å². The second-order valence-electron chi connectivity index (χ2n) is 6.92. The number of likely N-dealkylation sites (tertiary alicyclic amines) is 1. The van der Waals surface area contributed by atoms with Gasteiger partial charge in [-0.1, -0.05) is 29.8 Å². The Labute approximate surface area is 148 Å². The first-order valence-electron chi connectivity index (χ1n) is 8.95. The predicted molar refractivity (Wildman–Crippen MR) is 98.4 cm³/mol. The van der Waals surface area contributed by atoms with Crippen molar-refractivity contribution in [2.75, 3.05) is 6.54 Å². The fourth-order valence-corrected chi connectivity index (χ4v) is 3.35. The highest BCUT2D eigenvalue weighted by molar-refractivity contribution is 5.80. The van der Waals surface area contributed by atoms with E-state index in [1.165, 1.54) is 16.3 Å². The third-order valence-corrected chi connectivity index (χ3v) is 4.98. The van der Waals surface area contributed by atoms with Crippen molar-refractivity contribution in [1.29, 1.82) is 0 Å². The van der Waals surface area contributed by atoms with Gasteiger partial charge in [0.2, 0.25) is 5.91 Å². The van der Waals surface area contributed by atoms with Crippen LogP contribution in [0, 0.1) is 6.92 Å². The monoisotopic (exact) mass is 339 g/mol. The van der Waals surface area contributed by atoms with Crippen molar-refractivity contribution in [1.82, 2.24) is 14.7 Å². The Hall–Kier alpha value is -2.43. The normalized spacial score (nSPS) is 18.8. The van der Waals surface area contributed by atoms with Gasteiger partial charge in [-0.15, -0.1) is 0 Å². The number of carbonyl (C=O) groups excluding carboxylic acids is 1. The van der Waals surface area contributed by atoms with Gasteiger partial charge in [0.25, 0.3) is 5.56 Å². The topological polar surface area (TPSA) is 55.2 Å². The maximum absolute atomic E-state index is 12.9. The molecule has 0 saturated carbocycles. The summed E-state index contributed by atoms with van der Waals surface area (Å²) < 4.78 is 1.32. The zero-order chi connectivity index (χ0) is 18.0. The van der Waals surface area contributed by atoms with E-state index in [1.54, 1.807) is 13.0 Å². The van der Waals surface area contributed by atoms with E-state index in [2.05, 4.69) is 12.0 Å². The molecule has 0 spiro atoms. The van der Waals surface area contributed by atoms with Crippen LogP contribution in [0.5, 0.6) is 0 Å². The van der Waals surface area contributed by atoms with Crippen molar-refractivity contribution < 1.29 is 4.79 Å². The molecule has 1 aromatic carbocycles. The van der Waals surface area contributed by atoms with Crippen LogP contribution in [0.3, 0.4) is 0 Å². The first-order valence-corrected chi connectivity index (χ1v) is 8.95. The summed E-state index contributed by atoms with van der Waals surface area (Å²) in [6.07, 6.45) is 3.19. The lowest BCUT2D eigenvalue weighted by Crippen LogP contribution is -2.46. The molecule has 1 aliphatic heterocycles. The van der Waals surface area contributed by atoms with Gasteiger partial charge in [-0.2, -0.15) is 5.10 Å². The molecule has 3 rings (SSSR count). The third kappa shape index (κ3) is 3.65. The summed E-state index contributed by atoms with van der Waals surface area (Å²) >= 11 is 0. The van der Waals surface area contributed by atoms with Crippen molar-refractivity contribution in [2.45, 2.75) is 52.1 Å². The molecule has 0 bridgehead atoms. The van der Waals surface area contributed by atoms with Crippen LogP contribution >= 0.6 is 0 Å². The molecule has 2 unspecified atom stereocenters. The quantitative estimate of drug-likeness (QED) is 0.863. The molecule has 1 aliphatic rings. The van der Waals surface area contributed by atoms with Gasteiger partial charge in [-0.3, -0.25) is 9.59 Å². The molecule has 2 atom stereocenters. The van der Waals surface area contributed by atoms with Gasteiger partial charge in [-0.05, 0) is 46.1 Å². The van der Waals surface area contributed by atoms with E-state index in [9.17, 15) is 9.59 Å². The highest BCUT2D eigenvalue weighted by atomic mass is 16.2. The van der Waals surface area contributed by atoms with E-state index in [0.717, 1.165) is 31.4 Å². The molecule has 0 radical (unpaired) electrons. The Morgan fingerprint density at radius 3 is 2.56 bits per heavy atom. The summed E-state index contributed by atoms with van der Waals surface area (Å²) in [5, 5.41) is 4.47. The lowest BCUT2D eigenvalue weighted by molar-refractivity contribution is -0.138. The minimum absolute atomic E-state index is 0.0251. The molecule has 2 heterocycles. The summed E-state index contributed by atoms with van der Waals surface area (Å²) in [5.41, 5.74) is 2.55. The summed E-state index contributed by atoms with van der Waals surface area (Å²) in [6.45, 7) is 6.62. The first-order chi connectivity index (χ1) is 12.0. The SMILES string of the molecule is Cc1ccc(-c2ccc(=O)n(C(C)C(=O)N3CCCCC3C)n2)cc1. The number of aromatic nitrogens is 2. The maximum atomic E-state index is 12.9. The summed E-state index contributed by atoms with van der Waals surface area (Å²) in [5.74, 6) is -0.0251. The highest BCUT2D eigenvalue weighted by Gasteiger charge is 2.28. The van der Waals surface area contributed by atoms with Gasteiger partial charge < -0.3 is 4.90 Å². The van der Waals surface area contributed by atoms with E-state index in [-0.39, 0.29) is 17.5 Å². The zero-order valence-corrected chi connectivity index (χ0v) is 15.1. The molecule has 0 aliphatic carbocycles. The molecule has 1 amide bonds. The number of hydrogen-bond acceptors (Lipinski definition) is 3. The Balaban J connectivity index is 1.90. The van der Waals surface area contributed by atoms with Crippen LogP contribution in [0.4, 0.5) is 0 Å². The number of nitrogens with zero attached hydrogens (tertiary/aromatic N) is 3. The van der Waals surface area contributed by atoms with Gasteiger partial charge in [0, 0.05) is 24.2 Å². The van der Waals surface area contributed by atoms with Crippen molar-refractivity contribution in [3.63, 3.8) is 0 Å². The van der Waals surface area contributed by atoms with E-state index in [0.29, 0.717) is 5.69 Å². The molecule has 1 fully saturated rings. The Morgan fingerprint density at radius 1 is 1.16 bits per heavy atom. The Kier molecular flexibility index (Phi) is 5.02. The lowest BCUT2D eigenvalue weighted by Gasteiger charge is -2.35. The number of benzene rings is 1. The van der Waals surface area contributed by atoms with Crippen LogP contribution in [-0.2, 0) is 4.79 Å². The zero-order valence-electron chi connectivity index (χ0n) is 15.1. The van der Waals surface area contributed by atoms with Crippen LogP contribution in [0.15, 0.2) is 41.2 Å². The second kappa shape index (κ2) is 7.21. The van der Waals surface area contributed by atoms with E-state index < -0.39 is 6.04 Å². The van der Waals surface area contributed by atoms with Crippen LogP contribution in [0.25, 0.3) is 11.3 Å². The molecular formula is C20H25N3O2. The molecule has 132 valence electrons. The molecule has 0 N–H and O–H groups in total. The Bertz CT molecular complexity index is 810. The number of aryl methyl sites for hydroxylation is 1. The smallest absolute Gasteiger partial charge is 0.267 e. The van der Waals surface area contributed by atoms with Crippen molar-refractivity contribution in [3.05, 3.63) is 52.3 Å². The summed E-state index contributed by atoms with van der Waals surface area (Å²) in [4.78, 5) is 27.1. The largest absolute Gasteiger partial charge is 0.338 e. The van der Waals surface area contributed by atoms with E-state index in [1.807, 2.05) is 36.1 Å². The van der Waals surface area contributed by atoms with Crippen LogP contribution < -0.4 is 5.56 Å². The van der Waals surface area contributed by atoms with Gasteiger partial charge >= 0.3 is 0 Å². The van der Waals surface area contributed by atoms with Crippen molar-refractivity contribution >= 4 is 5.91 Å². The molecule has 1 saturated heterocycles. The van der Waals surface area contributed by atoms with Gasteiger partial charge in [0.05, 0.1) is 5.69 Å². The van der Waals surface area contributed by atoms with Gasteiger partial charge in [-0.25, -0.2) is 4.68 Å². The Morgan fingerprint density at radius 2 is 1.88 bits per heavy atom. The second-order valence-corrected chi connectivity index (χ2v) is 6.92. The highest BCUT2D eigenvalue weighted by Crippen LogP contribution is 2.21. The third-order valence-electron chi connectivity index (χ3n) is 4.98. The van der Waals surface area contributed by atoms with E-state index >= 15 is 0 Å². The minimum Gasteiger partial charge on any atom is -0.338 e. The van der Waals surface area contributed by atoms with E-state index in [4.69, 9.17) is 0 Å². The maximum Gasteiger partial charge on any atom is 0.267 e. The number of piperidine rings is 1. The molecule has 1 aromatic heterocycles. The standard InChI is InChI=1S/C20H25N3O2/c1-14-7-9-17(10-8-14)18-11-12-19(24)23(21-18)16(3)20(25)22-13-5-4-6-15(22)2/h7-12,15-16H,4-6,13H2,1-3H3. The fourth-order valence-electron chi connectivity index (χ4n) is 3.35. The summed E-state index contributed by atoms with van der Waals surface area (Å²) in [6, 6.07) is 10.8. The first kappa shape index (κ1) is 17.4. The molecule has 2 aromatic rings.